The lowest BCUT2D eigenvalue weighted by molar-refractivity contribution is -0.156. The summed E-state index contributed by atoms with van der Waals surface area (Å²) >= 11 is 1.56. The molecule has 0 atom stereocenters. The number of esters is 1. The number of thiophene rings is 1. The predicted octanol–water partition coefficient (Wildman–Crippen LogP) is 2.81. The highest BCUT2D eigenvalue weighted by Crippen LogP contribution is 2.26. The Morgan fingerprint density at radius 2 is 2.00 bits per heavy atom. The molecule has 0 bridgehead atoms. The Bertz CT molecular complexity index is 1090. The second kappa shape index (κ2) is 11.1. The summed E-state index contributed by atoms with van der Waals surface area (Å²) in [6.07, 6.45) is 1.18. The van der Waals surface area contributed by atoms with Crippen LogP contribution in [0.1, 0.15) is 24.6 Å². The molecule has 0 unspecified atom stereocenters. The second-order valence-electron chi connectivity index (χ2n) is 8.10. The number of nitrogens with one attached hydrogen (secondary N) is 1. The molecule has 4 rings (SSSR count). The van der Waals surface area contributed by atoms with Crippen molar-refractivity contribution in [2.45, 2.75) is 26.3 Å². The zero-order valence-corrected chi connectivity index (χ0v) is 19.9. The number of hydrogen-bond donors (Lipinski definition) is 1. The molecular formula is C24H28N4O5S. The third-order valence-electron chi connectivity index (χ3n) is 5.83. The van der Waals surface area contributed by atoms with Crippen molar-refractivity contribution in [2.75, 3.05) is 37.7 Å². The molecule has 3 heterocycles. The molecule has 9 nitrogen and oxygen atoms in total. The number of anilines is 1. The van der Waals surface area contributed by atoms with E-state index in [9.17, 15) is 14.4 Å². The highest BCUT2D eigenvalue weighted by atomic mass is 32.1. The molecule has 10 heteroatoms. The number of likely N-dealkylation sites (N-methyl/N-ethyl adjacent to an activating group) is 1. The van der Waals surface area contributed by atoms with Crippen molar-refractivity contribution in [1.29, 1.82) is 0 Å². The largest absolute Gasteiger partial charge is 0.455 e. The molecule has 0 aliphatic carbocycles. The van der Waals surface area contributed by atoms with E-state index in [0.29, 0.717) is 45.0 Å². The number of oxazole rings is 1. The van der Waals surface area contributed by atoms with Gasteiger partial charge in [0.05, 0.1) is 19.0 Å². The SMILES string of the molecule is CCN(CC(=O)NCc1cccs1)C(=O)COC(=O)C1CCN(c2nc3ccccc3o2)CC1. The minimum Gasteiger partial charge on any atom is -0.455 e. The number of piperidine rings is 1. The van der Waals surface area contributed by atoms with Gasteiger partial charge in [0.25, 0.3) is 11.9 Å². The van der Waals surface area contributed by atoms with Crippen LogP contribution in [0.5, 0.6) is 0 Å². The van der Waals surface area contributed by atoms with Gasteiger partial charge in [0.2, 0.25) is 5.91 Å². The van der Waals surface area contributed by atoms with Gasteiger partial charge < -0.3 is 24.3 Å². The van der Waals surface area contributed by atoms with Gasteiger partial charge in [-0.05, 0) is 43.3 Å². The van der Waals surface area contributed by atoms with Crippen LogP contribution < -0.4 is 10.2 Å². The summed E-state index contributed by atoms with van der Waals surface area (Å²) in [6.45, 7) is 3.37. The van der Waals surface area contributed by atoms with E-state index in [4.69, 9.17) is 9.15 Å². The first-order valence-corrected chi connectivity index (χ1v) is 12.3. The van der Waals surface area contributed by atoms with E-state index in [0.717, 1.165) is 16.0 Å². The molecule has 2 amide bonds. The third-order valence-corrected chi connectivity index (χ3v) is 6.70. The number of ether oxygens (including phenoxy) is 1. The maximum Gasteiger partial charge on any atom is 0.309 e. The lowest BCUT2D eigenvalue weighted by Gasteiger charge is -2.29. The quantitative estimate of drug-likeness (QED) is 0.466. The maximum absolute atomic E-state index is 12.5. The van der Waals surface area contributed by atoms with Gasteiger partial charge in [-0.2, -0.15) is 4.98 Å². The van der Waals surface area contributed by atoms with Gasteiger partial charge >= 0.3 is 5.97 Å². The third kappa shape index (κ3) is 5.93. The summed E-state index contributed by atoms with van der Waals surface area (Å²) < 4.78 is 11.1. The fraction of sp³-hybridized carbons (Fsp3) is 0.417. The Balaban J connectivity index is 1.19. The number of para-hydroxylation sites is 2. The fourth-order valence-corrected chi connectivity index (χ4v) is 4.49. The van der Waals surface area contributed by atoms with E-state index in [-0.39, 0.29) is 36.9 Å². The van der Waals surface area contributed by atoms with Crippen LogP contribution in [0.15, 0.2) is 46.2 Å². The van der Waals surface area contributed by atoms with Crippen LogP contribution >= 0.6 is 11.3 Å². The molecule has 3 aromatic rings. The van der Waals surface area contributed by atoms with Crippen LogP contribution in [0.25, 0.3) is 11.1 Å². The van der Waals surface area contributed by atoms with Crippen molar-refractivity contribution in [3.63, 3.8) is 0 Å². The first-order valence-electron chi connectivity index (χ1n) is 11.4. The molecule has 0 spiro atoms. The predicted molar refractivity (Wildman–Crippen MR) is 128 cm³/mol. The highest BCUT2D eigenvalue weighted by molar-refractivity contribution is 7.09. The van der Waals surface area contributed by atoms with Crippen molar-refractivity contribution in [3.05, 3.63) is 46.7 Å². The number of carbonyl (C=O) groups excluding carboxylic acids is 3. The zero-order chi connectivity index (χ0) is 23.9. The fourth-order valence-electron chi connectivity index (χ4n) is 3.85. The molecule has 34 heavy (non-hydrogen) atoms. The molecule has 0 saturated carbocycles. The number of aromatic nitrogens is 1. The number of hydrogen-bond acceptors (Lipinski definition) is 8. The van der Waals surface area contributed by atoms with Gasteiger partial charge in [-0.25, -0.2) is 0 Å². The monoisotopic (exact) mass is 484 g/mol. The van der Waals surface area contributed by atoms with Gasteiger partial charge in [0.15, 0.2) is 12.2 Å². The Morgan fingerprint density at radius 1 is 1.21 bits per heavy atom. The summed E-state index contributed by atoms with van der Waals surface area (Å²) in [4.78, 5) is 46.1. The first kappa shape index (κ1) is 23.7. The second-order valence-corrected chi connectivity index (χ2v) is 9.13. The van der Waals surface area contributed by atoms with Crippen LogP contribution in [-0.4, -0.2) is 60.5 Å². The maximum atomic E-state index is 12.5. The van der Waals surface area contributed by atoms with E-state index in [2.05, 4.69) is 10.3 Å². The lowest BCUT2D eigenvalue weighted by atomic mass is 9.97. The molecule has 1 N–H and O–H groups in total. The van der Waals surface area contributed by atoms with Crippen LogP contribution in [0.3, 0.4) is 0 Å². The average Bonchev–Trinajstić information content (AvgIpc) is 3.54. The normalized spacial score (nSPS) is 14.2. The van der Waals surface area contributed by atoms with E-state index in [1.807, 2.05) is 46.7 Å². The molecule has 1 aromatic carbocycles. The van der Waals surface area contributed by atoms with Gasteiger partial charge in [0, 0.05) is 24.5 Å². The van der Waals surface area contributed by atoms with Gasteiger partial charge in [-0.15, -0.1) is 11.3 Å². The van der Waals surface area contributed by atoms with Gasteiger partial charge in [-0.3, -0.25) is 14.4 Å². The number of nitrogens with zero attached hydrogens (tertiary/aromatic N) is 3. The van der Waals surface area contributed by atoms with Crippen molar-refractivity contribution >= 4 is 46.2 Å². The molecular weight excluding hydrogens is 456 g/mol. The van der Waals surface area contributed by atoms with Crippen molar-refractivity contribution in [1.82, 2.24) is 15.2 Å². The number of benzene rings is 1. The van der Waals surface area contributed by atoms with Crippen molar-refractivity contribution in [2.24, 2.45) is 5.92 Å². The van der Waals surface area contributed by atoms with Crippen molar-refractivity contribution < 1.29 is 23.5 Å². The minimum atomic E-state index is -0.385. The highest BCUT2D eigenvalue weighted by Gasteiger charge is 2.29. The smallest absolute Gasteiger partial charge is 0.309 e. The lowest BCUT2D eigenvalue weighted by Crippen LogP contribution is -2.43. The Kier molecular flexibility index (Phi) is 7.79. The molecule has 1 fully saturated rings. The van der Waals surface area contributed by atoms with E-state index in [1.54, 1.807) is 18.3 Å². The van der Waals surface area contributed by atoms with Gasteiger partial charge in [0.1, 0.15) is 5.52 Å². The van der Waals surface area contributed by atoms with Crippen molar-refractivity contribution in [3.8, 4) is 0 Å². The van der Waals surface area contributed by atoms with Crippen LogP contribution in [0.4, 0.5) is 6.01 Å². The molecule has 1 aliphatic rings. The Hall–Kier alpha value is -3.40. The summed E-state index contributed by atoms with van der Waals surface area (Å²) in [5.74, 6) is -1.30. The van der Waals surface area contributed by atoms with Crippen LogP contribution in [-0.2, 0) is 25.7 Å². The van der Waals surface area contributed by atoms with E-state index in [1.165, 1.54) is 4.90 Å². The average molecular weight is 485 g/mol. The first-order chi connectivity index (χ1) is 16.5. The molecule has 2 aromatic heterocycles. The molecule has 1 saturated heterocycles. The van der Waals surface area contributed by atoms with Gasteiger partial charge in [-0.1, -0.05) is 18.2 Å². The number of amides is 2. The van der Waals surface area contributed by atoms with E-state index < -0.39 is 0 Å². The Labute approximate surface area is 201 Å². The summed E-state index contributed by atoms with van der Waals surface area (Å²) in [5.41, 5.74) is 1.54. The molecule has 1 aliphatic heterocycles. The van der Waals surface area contributed by atoms with E-state index >= 15 is 0 Å². The van der Waals surface area contributed by atoms with Crippen LogP contribution in [0, 0.1) is 5.92 Å². The zero-order valence-electron chi connectivity index (χ0n) is 19.1. The Morgan fingerprint density at radius 3 is 2.71 bits per heavy atom. The molecule has 180 valence electrons. The van der Waals surface area contributed by atoms with Crippen LogP contribution in [0.2, 0.25) is 0 Å². The summed E-state index contributed by atoms with van der Waals surface area (Å²) in [5, 5.41) is 4.74. The standard InChI is InChI=1S/C24H28N4O5S/c1-2-27(15-21(29)25-14-18-6-5-13-34-18)22(30)16-32-23(31)17-9-11-28(12-10-17)24-26-19-7-3-4-8-20(19)33-24/h3-8,13,17H,2,9-12,14-16H2,1H3,(H,25,29). The summed E-state index contributed by atoms with van der Waals surface area (Å²) in [6, 6.07) is 12.0. The number of fused-ring (bicyclic) bond motifs is 1. The minimum absolute atomic E-state index is 0.0683. The molecule has 0 radical (unpaired) electrons. The summed E-state index contributed by atoms with van der Waals surface area (Å²) in [7, 11) is 0. The number of rotatable bonds is 9. The number of carbonyl (C=O) groups is 3. The topological polar surface area (TPSA) is 105 Å².